The third-order valence-electron chi connectivity index (χ3n) is 4.87. The number of halogens is 1. The molecule has 0 atom stereocenters. The maximum absolute atomic E-state index is 12.5. The predicted octanol–water partition coefficient (Wildman–Crippen LogP) is 6.04. The molecule has 1 N–H and O–H groups in total. The number of rotatable bonds is 5. The van der Waals surface area contributed by atoms with Gasteiger partial charge in [0.25, 0.3) is 5.91 Å². The van der Waals surface area contributed by atoms with Crippen LogP contribution in [0.5, 0.6) is 5.75 Å². The van der Waals surface area contributed by atoms with Gasteiger partial charge in [-0.25, -0.2) is 4.99 Å². The van der Waals surface area contributed by atoms with Gasteiger partial charge in [-0.05, 0) is 98.8 Å². The number of ether oxygens (including phenoxy) is 1. The average Bonchev–Trinajstić information content (AvgIpc) is 3.23. The summed E-state index contributed by atoms with van der Waals surface area (Å²) >= 11 is 7.36. The van der Waals surface area contributed by atoms with Gasteiger partial charge in [-0.3, -0.25) is 4.79 Å². The van der Waals surface area contributed by atoms with Crippen LogP contribution in [-0.4, -0.2) is 22.2 Å². The molecule has 0 bridgehead atoms. The standard InChI is InChI=1S/C24H22ClN3O2S/c1-4-30-21-11-7-19(8-12-21)26-24-27-23(29)22(31-24)14-17-13-15(2)28(16(17)3)20-9-5-18(25)6-10-20/h5-14H,4H2,1-3H3,(H,26,27,29)/b22-14+. The number of amides is 1. The second-order valence-electron chi connectivity index (χ2n) is 7.05. The first-order valence-electron chi connectivity index (χ1n) is 9.92. The normalized spacial score (nSPS) is 16.2. The number of carbonyl (C=O) groups excluding carboxylic acids is 1. The van der Waals surface area contributed by atoms with Gasteiger partial charge in [-0.1, -0.05) is 11.6 Å². The Labute approximate surface area is 190 Å². The van der Waals surface area contributed by atoms with Crippen molar-refractivity contribution < 1.29 is 9.53 Å². The maximum Gasteiger partial charge on any atom is 0.264 e. The van der Waals surface area contributed by atoms with E-state index in [0.717, 1.165) is 34.1 Å². The Hall–Kier alpha value is -2.96. The summed E-state index contributed by atoms with van der Waals surface area (Å²) < 4.78 is 7.60. The van der Waals surface area contributed by atoms with Gasteiger partial charge < -0.3 is 14.6 Å². The largest absolute Gasteiger partial charge is 0.494 e. The second-order valence-corrected chi connectivity index (χ2v) is 8.51. The van der Waals surface area contributed by atoms with E-state index in [0.29, 0.717) is 21.7 Å². The Morgan fingerprint density at radius 3 is 2.52 bits per heavy atom. The Kier molecular flexibility index (Phi) is 6.20. The minimum atomic E-state index is -0.147. The molecule has 0 unspecified atom stereocenters. The smallest absolute Gasteiger partial charge is 0.264 e. The van der Waals surface area contributed by atoms with Crippen LogP contribution in [0.2, 0.25) is 5.02 Å². The highest BCUT2D eigenvalue weighted by atomic mass is 35.5. The molecule has 0 spiro atoms. The SMILES string of the molecule is CCOc1ccc(N=C2NC(=O)/C(=C\c3cc(C)n(-c4ccc(Cl)cc4)c3C)S2)cc1. The molecule has 2 heterocycles. The maximum atomic E-state index is 12.5. The average molecular weight is 452 g/mol. The van der Waals surface area contributed by atoms with Gasteiger partial charge in [0.2, 0.25) is 0 Å². The number of carbonyl (C=O) groups is 1. The van der Waals surface area contributed by atoms with Crippen molar-refractivity contribution in [3.63, 3.8) is 0 Å². The zero-order chi connectivity index (χ0) is 22.0. The summed E-state index contributed by atoms with van der Waals surface area (Å²) in [5, 5.41) is 4.11. The number of aromatic nitrogens is 1. The molecule has 0 aliphatic carbocycles. The number of aliphatic imine (C=N–C) groups is 1. The van der Waals surface area contributed by atoms with Crippen LogP contribution in [0.3, 0.4) is 0 Å². The first kappa shape index (κ1) is 21.3. The van der Waals surface area contributed by atoms with Crippen molar-refractivity contribution in [3.8, 4) is 11.4 Å². The Morgan fingerprint density at radius 1 is 1.13 bits per heavy atom. The number of benzene rings is 2. The molecule has 1 fully saturated rings. The van der Waals surface area contributed by atoms with Gasteiger partial charge >= 0.3 is 0 Å². The van der Waals surface area contributed by atoms with E-state index in [1.165, 1.54) is 11.8 Å². The van der Waals surface area contributed by atoms with Crippen molar-refractivity contribution in [2.24, 2.45) is 4.99 Å². The summed E-state index contributed by atoms with van der Waals surface area (Å²) in [7, 11) is 0. The van der Waals surface area contributed by atoms with E-state index >= 15 is 0 Å². The molecule has 1 aliphatic heterocycles. The lowest BCUT2D eigenvalue weighted by molar-refractivity contribution is -0.115. The summed E-state index contributed by atoms with van der Waals surface area (Å²) in [5.41, 5.74) is 4.92. The Morgan fingerprint density at radius 2 is 1.84 bits per heavy atom. The molecule has 1 saturated heterocycles. The van der Waals surface area contributed by atoms with E-state index in [-0.39, 0.29) is 5.91 Å². The zero-order valence-electron chi connectivity index (χ0n) is 17.5. The first-order chi connectivity index (χ1) is 14.9. The summed E-state index contributed by atoms with van der Waals surface area (Å²) in [5.74, 6) is 0.650. The molecule has 158 valence electrons. The quantitative estimate of drug-likeness (QED) is 0.481. The van der Waals surface area contributed by atoms with Crippen LogP contribution in [0.1, 0.15) is 23.9 Å². The molecule has 2 aromatic carbocycles. The first-order valence-corrected chi connectivity index (χ1v) is 11.1. The lowest BCUT2D eigenvalue weighted by Gasteiger charge is -2.09. The molecular formula is C24H22ClN3O2S. The summed E-state index contributed by atoms with van der Waals surface area (Å²) in [6, 6.07) is 17.3. The van der Waals surface area contributed by atoms with E-state index in [9.17, 15) is 4.79 Å². The van der Waals surface area contributed by atoms with Gasteiger partial charge in [-0.2, -0.15) is 0 Å². The molecular weight excluding hydrogens is 430 g/mol. The molecule has 1 aliphatic rings. The zero-order valence-corrected chi connectivity index (χ0v) is 19.1. The van der Waals surface area contributed by atoms with Crippen LogP contribution in [-0.2, 0) is 4.79 Å². The highest BCUT2D eigenvalue weighted by Crippen LogP contribution is 2.31. The topological polar surface area (TPSA) is 55.6 Å². The number of amidine groups is 1. The minimum absolute atomic E-state index is 0.147. The van der Waals surface area contributed by atoms with E-state index in [4.69, 9.17) is 16.3 Å². The van der Waals surface area contributed by atoms with Crippen LogP contribution in [0.15, 0.2) is 64.5 Å². The van der Waals surface area contributed by atoms with E-state index in [2.05, 4.69) is 20.9 Å². The summed E-state index contributed by atoms with van der Waals surface area (Å²) in [4.78, 5) is 17.7. The van der Waals surface area contributed by atoms with Gasteiger partial charge in [-0.15, -0.1) is 0 Å². The van der Waals surface area contributed by atoms with Gasteiger partial charge in [0, 0.05) is 22.1 Å². The molecule has 1 amide bonds. The summed E-state index contributed by atoms with van der Waals surface area (Å²) in [6.07, 6.45) is 1.91. The van der Waals surface area contributed by atoms with E-state index in [1.807, 2.05) is 75.4 Å². The predicted molar refractivity (Wildman–Crippen MR) is 129 cm³/mol. The molecule has 0 saturated carbocycles. The highest BCUT2D eigenvalue weighted by Gasteiger charge is 2.24. The number of hydrogen-bond donors (Lipinski definition) is 1. The summed E-state index contributed by atoms with van der Waals surface area (Å²) in [6.45, 7) is 6.65. The third kappa shape index (κ3) is 4.70. The van der Waals surface area contributed by atoms with Gasteiger partial charge in [0.15, 0.2) is 5.17 Å². The molecule has 31 heavy (non-hydrogen) atoms. The van der Waals surface area contributed by atoms with Crippen molar-refractivity contribution in [1.29, 1.82) is 0 Å². The number of nitrogens with one attached hydrogen (secondary N) is 1. The number of hydrogen-bond acceptors (Lipinski definition) is 4. The molecule has 4 rings (SSSR count). The van der Waals surface area contributed by atoms with Gasteiger partial charge in [0.05, 0.1) is 17.2 Å². The van der Waals surface area contributed by atoms with E-state index < -0.39 is 0 Å². The van der Waals surface area contributed by atoms with Crippen LogP contribution >= 0.6 is 23.4 Å². The van der Waals surface area contributed by atoms with Crippen molar-refractivity contribution in [3.05, 3.63) is 81.5 Å². The number of aryl methyl sites for hydroxylation is 1. The monoisotopic (exact) mass is 451 g/mol. The fourth-order valence-electron chi connectivity index (χ4n) is 3.44. The van der Waals surface area contributed by atoms with Crippen LogP contribution in [0, 0.1) is 13.8 Å². The van der Waals surface area contributed by atoms with E-state index in [1.54, 1.807) is 0 Å². The van der Waals surface area contributed by atoms with Crippen LogP contribution in [0.25, 0.3) is 11.8 Å². The highest BCUT2D eigenvalue weighted by molar-refractivity contribution is 8.18. The van der Waals surface area contributed by atoms with Crippen molar-refractivity contribution in [2.75, 3.05) is 6.61 Å². The van der Waals surface area contributed by atoms with Crippen molar-refractivity contribution in [1.82, 2.24) is 9.88 Å². The Balaban J connectivity index is 1.57. The molecule has 1 aromatic heterocycles. The molecule has 5 nitrogen and oxygen atoms in total. The lowest BCUT2D eigenvalue weighted by atomic mass is 10.2. The molecule has 7 heteroatoms. The number of thioether (sulfide) groups is 1. The van der Waals surface area contributed by atoms with Gasteiger partial charge in [0.1, 0.15) is 5.75 Å². The van der Waals surface area contributed by atoms with Crippen LogP contribution in [0.4, 0.5) is 5.69 Å². The second kappa shape index (κ2) is 9.04. The van der Waals surface area contributed by atoms with Crippen molar-refractivity contribution >= 4 is 46.2 Å². The van der Waals surface area contributed by atoms with Crippen molar-refractivity contribution in [2.45, 2.75) is 20.8 Å². The minimum Gasteiger partial charge on any atom is -0.494 e. The fraction of sp³-hybridized carbons (Fsp3) is 0.167. The third-order valence-corrected chi connectivity index (χ3v) is 6.03. The van der Waals surface area contributed by atoms with Crippen LogP contribution < -0.4 is 10.1 Å². The molecule has 0 radical (unpaired) electrons. The lowest BCUT2D eigenvalue weighted by Crippen LogP contribution is -2.19. The number of nitrogens with zero attached hydrogens (tertiary/aromatic N) is 2. The molecule has 3 aromatic rings. The Bertz CT molecular complexity index is 1180. The fourth-order valence-corrected chi connectivity index (χ4v) is 4.40.